The highest BCUT2D eigenvalue weighted by molar-refractivity contribution is 5.88. The van der Waals surface area contributed by atoms with E-state index in [1.54, 1.807) is 36.4 Å². The van der Waals surface area contributed by atoms with E-state index in [4.69, 9.17) is 0 Å². The Hall–Kier alpha value is -3.48. The molecule has 1 heterocycles. The Morgan fingerprint density at radius 2 is 1.74 bits per heavy atom. The molecule has 0 spiro atoms. The van der Waals surface area contributed by atoms with Crippen LogP contribution in [0.4, 0.5) is 5.69 Å². The Bertz CT molecular complexity index is 870. The third-order valence-corrected chi connectivity index (χ3v) is 3.30. The number of hydrogen-bond acceptors (Lipinski definition) is 4. The minimum absolute atomic E-state index is 0.0181. The first-order valence-corrected chi connectivity index (χ1v) is 6.70. The molecule has 114 valence electrons. The summed E-state index contributed by atoms with van der Waals surface area (Å²) in [6.07, 6.45) is 0. The topological polar surface area (TPSA) is 98.3 Å². The van der Waals surface area contributed by atoms with Crippen molar-refractivity contribution in [3.05, 3.63) is 76.5 Å². The summed E-state index contributed by atoms with van der Waals surface area (Å²) in [5, 5.41) is 24.4. The molecule has 0 aliphatic rings. The number of nitro benzene ring substituents is 1. The lowest BCUT2D eigenvalue weighted by Gasteiger charge is -2.03. The molecule has 0 atom stereocenters. The molecule has 0 saturated carbocycles. The second-order valence-electron chi connectivity index (χ2n) is 4.77. The molecule has 0 unspecified atom stereocenters. The highest BCUT2D eigenvalue weighted by Gasteiger charge is 2.17. The zero-order chi connectivity index (χ0) is 16.4. The third kappa shape index (κ3) is 2.80. The number of para-hydroxylation sites is 1. The second-order valence-corrected chi connectivity index (χ2v) is 4.77. The van der Waals surface area contributed by atoms with Gasteiger partial charge >= 0.3 is 5.97 Å². The first kappa shape index (κ1) is 14.5. The van der Waals surface area contributed by atoms with Crippen LogP contribution in [0.1, 0.15) is 10.5 Å². The van der Waals surface area contributed by atoms with Gasteiger partial charge < -0.3 is 5.11 Å². The monoisotopic (exact) mass is 309 g/mol. The van der Waals surface area contributed by atoms with Gasteiger partial charge in [0.2, 0.25) is 0 Å². The lowest BCUT2D eigenvalue weighted by molar-refractivity contribution is -0.384. The SMILES string of the molecule is O=C(O)c1cc(-c2ccc([N+](=O)[O-])cc2)nn1-c1ccccc1. The van der Waals surface area contributed by atoms with Crippen molar-refractivity contribution in [1.29, 1.82) is 0 Å². The summed E-state index contributed by atoms with van der Waals surface area (Å²) in [5.41, 5.74) is 1.64. The summed E-state index contributed by atoms with van der Waals surface area (Å²) in [7, 11) is 0. The molecule has 0 aliphatic carbocycles. The minimum atomic E-state index is -1.10. The number of carboxylic acid groups (broad SMARTS) is 1. The van der Waals surface area contributed by atoms with Crippen molar-refractivity contribution < 1.29 is 14.8 Å². The van der Waals surface area contributed by atoms with Crippen LogP contribution in [-0.2, 0) is 0 Å². The fourth-order valence-corrected chi connectivity index (χ4v) is 2.19. The maximum Gasteiger partial charge on any atom is 0.354 e. The van der Waals surface area contributed by atoms with E-state index in [1.807, 2.05) is 6.07 Å². The molecular weight excluding hydrogens is 298 g/mol. The molecule has 0 bridgehead atoms. The van der Waals surface area contributed by atoms with Gasteiger partial charge in [0.1, 0.15) is 0 Å². The van der Waals surface area contributed by atoms with E-state index in [2.05, 4.69) is 5.10 Å². The molecule has 0 radical (unpaired) electrons. The largest absolute Gasteiger partial charge is 0.477 e. The van der Waals surface area contributed by atoms with Gasteiger partial charge in [-0.25, -0.2) is 9.48 Å². The van der Waals surface area contributed by atoms with Crippen LogP contribution in [0.15, 0.2) is 60.7 Å². The van der Waals surface area contributed by atoms with Crippen molar-refractivity contribution in [3.63, 3.8) is 0 Å². The smallest absolute Gasteiger partial charge is 0.354 e. The molecule has 2 aromatic carbocycles. The van der Waals surface area contributed by atoms with Gasteiger partial charge in [0, 0.05) is 17.7 Å². The lowest BCUT2D eigenvalue weighted by Crippen LogP contribution is -2.07. The Morgan fingerprint density at radius 3 is 2.30 bits per heavy atom. The van der Waals surface area contributed by atoms with Gasteiger partial charge in [-0.05, 0) is 30.3 Å². The summed E-state index contributed by atoms with van der Waals surface area (Å²) < 4.78 is 1.33. The van der Waals surface area contributed by atoms with E-state index in [0.29, 0.717) is 16.9 Å². The molecule has 1 N–H and O–H groups in total. The zero-order valence-electron chi connectivity index (χ0n) is 11.8. The summed E-state index contributed by atoms with van der Waals surface area (Å²) in [4.78, 5) is 21.6. The quantitative estimate of drug-likeness (QED) is 0.589. The van der Waals surface area contributed by atoms with E-state index in [1.165, 1.54) is 22.9 Å². The van der Waals surface area contributed by atoms with Crippen molar-refractivity contribution in [2.75, 3.05) is 0 Å². The summed E-state index contributed by atoms with van der Waals surface area (Å²) >= 11 is 0. The molecule has 0 aliphatic heterocycles. The number of nitrogens with zero attached hydrogens (tertiary/aromatic N) is 3. The average Bonchev–Trinajstić information content (AvgIpc) is 3.01. The summed E-state index contributed by atoms with van der Waals surface area (Å²) in [5.74, 6) is -1.10. The van der Waals surface area contributed by atoms with Crippen LogP contribution in [0.2, 0.25) is 0 Å². The van der Waals surface area contributed by atoms with E-state index in [0.717, 1.165) is 0 Å². The molecule has 0 saturated heterocycles. The van der Waals surface area contributed by atoms with Crippen LogP contribution in [0, 0.1) is 10.1 Å². The van der Waals surface area contributed by atoms with Gasteiger partial charge in [-0.15, -0.1) is 0 Å². The van der Waals surface area contributed by atoms with Crippen LogP contribution < -0.4 is 0 Å². The molecule has 0 amide bonds. The number of benzene rings is 2. The van der Waals surface area contributed by atoms with Crippen LogP contribution in [0.3, 0.4) is 0 Å². The highest BCUT2D eigenvalue weighted by Crippen LogP contribution is 2.24. The Labute approximate surface area is 130 Å². The molecule has 0 fully saturated rings. The Kier molecular flexibility index (Phi) is 3.60. The van der Waals surface area contributed by atoms with Crippen LogP contribution in [-0.4, -0.2) is 25.8 Å². The fourth-order valence-electron chi connectivity index (χ4n) is 2.19. The minimum Gasteiger partial charge on any atom is -0.477 e. The first-order valence-electron chi connectivity index (χ1n) is 6.70. The van der Waals surface area contributed by atoms with Crippen LogP contribution >= 0.6 is 0 Å². The molecule has 3 aromatic rings. The molecule has 1 aromatic heterocycles. The molecule has 7 heteroatoms. The standard InChI is InChI=1S/C16H11N3O4/c20-16(21)15-10-14(11-6-8-13(9-7-11)19(22)23)17-18(15)12-4-2-1-3-5-12/h1-10H,(H,20,21). The van der Waals surface area contributed by atoms with Crippen LogP contribution in [0.25, 0.3) is 16.9 Å². The van der Waals surface area contributed by atoms with E-state index < -0.39 is 10.9 Å². The normalized spacial score (nSPS) is 10.4. The Morgan fingerprint density at radius 1 is 1.09 bits per heavy atom. The predicted octanol–water partition coefficient (Wildman–Crippen LogP) is 3.15. The van der Waals surface area contributed by atoms with Crippen LogP contribution in [0.5, 0.6) is 0 Å². The molecule has 3 rings (SSSR count). The summed E-state index contributed by atoms with van der Waals surface area (Å²) in [6, 6.07) is 16.1. The number of rotatable bonds is 4. The van der Waals surface area contributed by atoms with Gasteiger partial charge in [0.25, 0.3) is 5.69 Å². The maximum atomic E-state index is 11.4. The van der Waals surface area contributed by atoms with Crippen molar-refractivity contribution >= 4 is 11.7 Å². The number of hydrogen-bond donors (Lipinski definition) is 1. The van der Waals surface area contributed by atoms with Crippen molar-refractivity contribution in [2.45, 2.75) is 0 Å². The number of aromatic carboxylic acids is 1. The van der Waals surface area contributed by atoms with E-state index in [-0.39, 0.29) is 11.4 Å². The fraction of sp³-hybridized carbons (Fsp3) is 0. The van der Waals surface area contributed by atoms with Gasteiger partial charge in [-0.2, -0.15) is 5.10 Å². The third-order valence-electron chi connectivity index (χ3n) is 3.30. The van der Waals surface area contributed by atoms with Gasteiger partial charge in [0.15, 0.2) is 5.69 Å². The van der Waals surface area contributed by atoms with E-state index in [9.17, 15) is 20.0 Å². The maximum absolute atomic E-state index is 11.4. The van der Waals surface area contributed by atoms with Gasteiger partial charge in [-0.1, -0.05) is 18.2 Å². The predicted molar refractivity (Wildman–Crippen MR) is 82.6 cm³/mol. The van der Waals surface area contributed by atoms with Crippen molar-refractivity contribution in [2.24, 2.45) is 0 Å². The van der Waals surface area contributed by atoms with Gasteiger partial charge in [0.05, 0.1) is 16.3 Å². The number of carboxylic acids is 1. The van der Waals surface area contributed by atoms with E-state index >= 15 is 0 Å². The number of carbonyl (C=O) groups is 1. The average molecular weight is 309 g/mol. The Balaban J connectivity index is 2.07. The number of aromatic nitrogens is 2. The molecule has 23 heavy (non-hydrogen) atoms. The lowest BCUT2D eigenvalue weighted by atomic mass is 10.1. The van der Waals surface area contributed by atoms with Crippen molar-refractivity contribution in [1.82, 2.24) is 9.78 Å². The number of non-ortho nitro benzene ring substituents is 1. The molecular formula is C16H11N3O4. The second kappa shape index (κ2) is 5.72. The number of nitro groups is 1. The molecule has 7 nitrogen and oxygen atoms in total. The zero-order valence-corrected chi connectivity index (χ0v) is 11.8. The van der Waals surface area contributed by atoms with Crippen molar-refractivity contribution in [3.8, 4) is 16.9 Å². The summed E-state index contributed by atoms with van der Waals surface area (Å²) in [6.45, 7) is 0. The highest BCUT2D eigenvalue weighted by atomic mass is 16.6. The van der Waals surface area contributed by atoms with Gasteiger partial charge in [-0.3, -0.25) is 10.1 Å². The first-order chi connectivity index (χ1) is 11.1.